The molecule has 0 aromatic heterocycles. The summed E-state index contributed by atoms with van der Waals surface area (Å²) in [7, 11) is 1.81. The van der Waals surface area contributed by atoms with Crippen LogP contribution in [0.15, 0.2) is 74.9 Å². The molecule has 1 heterocycles. The van der Waals surface area contributed by atoms with Crippen LogP contribution in [0.2, 0.25) is 0 Å². The van der Waals surface area contributed by atoms with E-state index in [9.17, 15) is 4.79 Å². The molecule has 5 nitrogen and oxygen atoms in total. The van der Waals surface area contributed by atoms with Crippen molar-refractivity contribution in [3.05, 3.63) is 75.4 Å². The van der Waals surface area contributed by atoms with E-state index in [1.165, 1.54) is 23.0 Å². The van der Waals surface area contributed by atoms with Crippen LogP contribution in [0.5, 0.6) is 0 Å². The van der Waals surface area contributed by atoms with E-state index in [4.69, 9.17) is 17.3 Å². The number of unbranched alkanes of at least 4 members (excludes halogenated alkanes) is 1. The number of allylic oxidation sites excluding steroid dienone is 3. The molecule has 1 aromatic rings. The lowest BCUT2D eigenvalue weighted by Crippen LogP contribution is -2.39. The average molecular weight is 557 g/mol. The van der Waals surface area contributed by atoms with Gasteiger partial charge in [0.25, 0.3) is 0 Å². The summed E-state index contributed by atoms with van der Waals surface area (Å²) in [5, 5.41) is 8.19. The highest BCUT2D eigenvalue weighted by Gasteiger charge is 2.43. The van der Waals surface area contributed by atoms with Gasteiger partial charge in [0, 0.05) is 40.7 Å². The number of thioether (sulfide) groups is 1. The highest BCUT2D eigenvalue weighted by atomic mass is 35.5. The molecule has 2 unspecified atom stereocenters. The second kappa shape index (κ2) is 15.8. The number of aldehydes is 1. The normalized spacial score (nSPS) is 21.1. The minimum absolute atomic E-state index is 0.0719. The second-order valence-corrected chi connectivity index (χ2v) is 11.4. The van der Waals surface area contributed by atoms with Gasteiger partial charge < -0.3 is 16.4 Å². The molecule has 208 valence electrons. The number of hydrogen-bond donors (Lipinski definition) is 3. The van der Waals surface area contributed by atoms with Crippen molar-refractivity contribution in [3.63, 3.8) is 0 Å². The van der Waals surface area contributed by atoms with Crippen molar-refractivity contribution in [1.82, 2.24) is 5.32 Å². The van der Waals surface area contributed by atoms with Gasteiger partial charge in [0.05, 0.1) is 22.0 Å². The first-order valence-corrected chi connectivity index (χ1v) is 14.9. The van der Waals surface area contributed by atoms with E-state index in [2.05, 4.69) is 67.2 Å². The molecule has 2 rings (SSSR count). The molecule has 4 N–H and O–H groups in total. The summed E-state index contributed by atoms with van der Waals surface area (Å²) in [5.74, 6) is 0.611. The monoisotopic (exact) mass is 556 g/mol. The Bertz CT molecular complexity index is 1080. The van der Waals surface area contributed by atoms with E-state index in [0.717, 1.165) is 61.2 Å². The van der Waals surface area contributed by atoms with E-state index in [0.29, 0.717) is 22.4 Å². The van der Waals surface area contributed by atoms with Crippen LogP contribution in [0.25, 0.3) is 0 Å². The molecule has 1 aromatic carbocycles. The number of fused-ring (bicyclic) bond motifs is 1. The van der Waals surface area contributed by atoms with Crippen LogP contribution in [0.4, 0.5) is 5.69 Å². The van der Waals surface area contributed by atoms with E-state index in [-0.39, 0.29) is 11.5 Å². The molecule has 0 saturated carbocycles. The van der Waals surface area contributed by atoms with Gasteiger partial charge in [-0.3, -0.25) is 9.79 Å². The van der Waals surface area contributed by atoms with Crippen molar-refractivity contribution in [2.75, 3.05) is 12.4 Å². The van der Waals surface area contributed by atoms with Gasteiger partial charge in [-0.15, -0.1) is 0 Å². The summed E-state index contributed by atoms with van der Waals surface area (Å²) in [6.07, 6.45) is 14.0. The summed E-state index contributed by atoms with van der Waals surface area (Å²) >= 11 is 7.72. The van der Waals surface area contributed by atoms with Crippen molar-refractivity contribution in [2.45, 2.75) is 84.1 Å². The zero-order chi connectivity index (χ0) is 28.1. The second-order valence-electron chi connectivity index (χ2n) is 9.95. The third-order valence-electron chi connectivity index (χ3n) is 7.24. The minimum Gasteiger partial charge on any atom is -0.398 e. The molecule has 0 bridgehead atoms. The number of halogens is 1. The summed E-state index contributed by atoms with van der Waals surface area (Å²) in [4.78, 5) is 17.2. The number of nitrogens with two attached hydrogens (primary N) is 1. The standard InChI is InChI=1S/C31H45ClN4OS/c1-7-14-28(30(32)23(5)33)38-29(34-6)20-35-27(21-37)22(4)15-12-13-19-31(18-8-2)25(9-3)24-16-10-11-17-26(24)36-31/h7,10-11,14,16-17,20-22,25,34,36H,5,8-9,12-13,15,18-19,33H2,1-4,6H3/b14-7-,29-20+,30-28-,35-27?/t22?,25-,31?/m1/s1. The molecule has 0 fully saturated rings. The van der Waals surface area contributed by atoms with Crippen LogP contribution in [0, 0.1) is 5.92 Å². The number of rotatable bonds is 16. The molecule has 0 aliphatic carbocycles. The van der Waals surface area contributed by atoms with Crippen LogP contribution < -0.4 is 16.4 Å². The number of hydrogen-bond acceptors (Lipinski definition) is 6. The Morgan fingerprint density at radius 3 is 2.66 bits per heavy atom. The molecule has 38 heavy (non-hydrogen) atoms. The Hall–Kier alpha value is -2.44. The zero-order valence-electron chi connectivity index (χ0n) is 23.6. The van der Waals surface area contributed by atoms with Crippen LogP contribution >= 0.6 is 23.4 Å². The number of aliphatic imine (C=N–C) groups is 1. The van der Waals surface area contributed by atoms with Crippen molar-refractivity contribution >= 4 is 41.0 Å². The summed E-state index contributed by atoms with van der Waals surface area (Å²) in [6, 6.07) is 8.77. The summed E-state index contributed by atoms with van der Waals surface area (Å²) < 4.78 is 0. The fourth-order valence-corrected chi connectivity index (χ4v) is 6.44. The minimum atomic E-state index is 0.0719. The van der Waals surface area contributed by atoms with Gasteiger partial charge in [-0.1, -0.05) is 100 Å². The topological polar surface area (TPSA) is 79.5 Å². The van der Waals surface area contributed by atoms with Gasteiger partial charge in [0.15, 0.2) is 6.29 Å². The molecular formula is C31H45ClN4OS. The predicted molar refractivity (Wildman–Crippen MR) is 168 cm³/mol. The fourth-order valence-electron chi connectivity index (χ4n) is 5.39. The fraction of sp³-hybridized carbons (Fsp3) is 0.484. The largest absolute Gasteiger partial charge is 0.398 e. The number of benzene rings is 1. The van der Waals surface area contributed by atoms with Crippen molar-refractivity contribution in [2.24, 2.45) is 16.6 Å². The molecule has 3 atom stereocenters. The quantitative estimate of drug-likeness (QED) is 0.0826. The number of carbonyl (C=O) groups excluding carboxylic acids is 1. The Kier molecular flexibility index (Phi) is 13.3. The van der Waals surface area contributed by atoms with Gasteiger partial charge in [-0.05, 0) is 44.2 Å². The number of nitrogens with zero attached hydrogens (tertiary/aromatic N) is 1. The van der Waals surface area contributed by atoms with E-state index in [1.807, 2.05) is 26.1 Å². The number of carbonyl (C=O) groups is 1. The smallest absolute Gasteiger partial charge is 0.164 e. The highest BCUT2D eigenvalue weighted by molar-refractivity contribution is 8.06. The Morgan fingerprint density at radius 2 is 2.05 bits per heavy atom. The average Bonchev–Trinajstić information content (AvgIpc) is 3.22. The van der Waals surface area contributed by atoms with Crippen molar-refractivity contribution in [1.29, 1.82) is 0 Å². The Balaban J connectivity index is 2.04. The molecule has 0 radical (unpaired) electrons. The third kappa shape index (κ3) is 8.28. The summed E-state index contributed by atoms with van der Waals surface area (Å²) in [6.45, 7) is 12.3. The maximum Gasteiger partial charge on any atom is 0.164 e. The van der Waals surface area contributed by atoms with Gasteiger partial charge in [0.1, 0.15) is 0 Å². The van der Waals surface area contributed by atoms with Crippen molar-refractivity contribution < 1.29 is 4.79 Å². The van der Waals surface area contributed by atoms with Crippen molar-refractivity contribution in [3.8, 4) is 0 Å². The molecule has 0 saturated heterocycles. The molecule has 7 heteroatoms. The van der Waals surface area contributed by atoms with E-state index >= 15 is 0 Å². The Morgan fingerprint density at radius 1 is 1.32 bits per heavy atom. The lowest BCUT2D eigenvalue weighted by Gasteiger charge is -2.36. The van der Waals surface area contributed by atoms with Crippen LogP contribution in [0.3, 0.4) is 0 Å². The maximum atomic E-state index is 11.9. The van der Waals surface area contributed by atoms with Gasteiger partial charge in [-0.25, -0.2) is 0 Å². The van der Waals surface area contributed by atoms with Gasteiger partial charge in [0.2, 0.25) is 0 Å². The van der Waals surface area contributed by atoms with Crippen LogP contribution in [-0.2, 0) is 4.79 Å². The lowest BCUT2D eigenvalue weighted by atomic mass is 9.74. The maximum absolute atomic E-state index is 11.9. The van der Waals surface area contributed by atoms with E-state index in [1.54, 1.807) is 6.20 Å². The highest BCUT2D eigenvalue weighted by Crippen LogP contribution is 2.49. The van der Waals surface area contributed by atoms with Crippen LogP contribution in [0.1, 0.15) is 84.1 Å². The third-order valence-corrected chi connectivity index (χ3v) is 8.89. The van der Waals surface area contributed by atoms with E-state index < -0.39 is 0 Å². The lowest BCUT2D eigenvalue weighted by molar-refractivity contribution is -0.102. The predicted octanol–water partition coefficient (Wildman–Crippen LogP) is 8.23. The first-order chi connectivity index (χ1) is 18.3. The SMILES string of the molecule is C=C(N)/C(Cl)=C(\C=C/C)S/C(=C/N=C(C=O)C(C)CCCCC1(CCC)Nc2ccccc2[C@H]1CC)NC. The molecule has 0 spiro atoms. The first kappa shape index (κ1) is 31.8. The summed E-state index contributed by atoms with van der Waals surface area (Å²) in [5.41, 5.74) is 9.50. The number of nitrogens with one attached hydrogen (secondary N) is 2. The Labute approximate surface area is 239 Å². The number of anilines is 1. The first-order valence-electron chi connectivity index (χ1n) is 13.7. The molecule has 1 aliphatic rings. The van der Waals surface area contributed by atoms with Gasteiger partial charge >= 0.3 is 0 Å². The van der Waals surface area contributed by atoms with Crippen LogP contribution in [-0.4, -0.2) is 24.6 Å². The molecule has 0 amide bonds. The molecular weight excluding hydrogens is 512 g/mol. The molecule has 1 aliphatic heterocycles. The van der Waals surface area contributed by atoms with Gasteiger partial charge in [-0.2, -0.15) is 0 Å². The zero-order valence-corrected chi connectivity index (χ0v) is 25.2. The number of para-hydroxylation sites is 1.